The van der Waals surface area contributed by atoms with Crippen molar-refractivity contribution < 1.29 is 13.2 Å². The molecule has 2 rings (SSSR count). The van der Waals surface area contributed by atoms with Gasteiger partial charge in [-0.15, -0.1) is 0 Å². The highest BCUT2D eigenvalue weighted by Crippen LogP contribution is 2.15. The number of aromatic nitrogens is 1. The van der Waals surface area contributed by atoms with Crippen LogP contribution in [0.4, 0.5) is 0 Å². The normalized spacial score (nSPS) is 11.5. The Bertz CT molecular complexity index is 803. The maximum atomic E-state index is 12.6. The van der Waals surface area contributed by atoms with Gasteiger partial charge >= 0.3 is 0 Å². The van der Waals surface area contributed by atoms with E-state index >= 15 is 0 Å². The van der Waals surface area contributed by atoms with Crippen molar-refractivity contribution in [1.82, 2.24) is 14.2 Å². The van der Waals surface area contributed by atoms with E-state index in [9.17, 15) is 13.2 Å². The summed E-state index contributed by atoms with van der Waals surface area (Å²) in [6, 6.07) is 9.93. The van der Waals surface area contributed by atoms with E-state index in [1.165, 1.54) is 26.2 Å². The van der Waals surface area contributed by atoms with Gasteiger partial charge in [0.25, 0.3) is 5.91 Å². The van der Waals surface area contributed by atoms with E-state index in [0.717, 1.165) is 16.3 Å². The third-order valence-electron chi connectivity index (χ3n) is 3.97. The lowest BCUT2D eigenvalue weighted by atomic mass is 10.1. The van der Waals surface area contributed by atoms with Gasteiger partial charge in [0, 0.05) is 45.1 Å². The van der Waals surface area contributed by atoms with Crippen molar-refractivity contribution in [2.45, 2.75) is 18.2 Å². The average molecular weight is 361 g/mol. The summed E-state index contributed by atoms with van der Waals surface area (Å²) < 4.78 is 25.3. The van der Waals surface area contributed by atoms with Crippen molar-refractivity contribution in [2.24, 2.45) is 0 Å². The smallest absolute Gasteiger partial charge is 0.253 e. The minimum atomic E-state index is -3.49. The molecule has 0 N–H and O–H groups in total. The number of carbonyl (C=O) groups is 1. The first-order chi connectivity index (χ1) is 11.9. The van der Waals surface area contributed by atoms with Crippen LogP contribution in [0.1, 0.15) is 22.8 Å². The topological polar surface area (TPSA) is 70.6 Å². The summed E-state index contributed by atoms with van der Waals surface area (Å²) in [6.45, 7) is 3.11. The molecule has 1 heterocycles. The second-order valence-electron chi connectivity index (χ2n) is 5.80. The molecule has 0 fully saturated rings. The van der Waals surface area contributed by atoms with Gasteiger partial charge < -0.3 is 4.90 Å². The van der Waals surface area contributed by atoms with Crippen molar-refractivity contribution in [3.8, 4) is 0 Å². The van der Waals surface area contributed by atoms with Crippen LogP contribution in [0.2, 0.25) is 0 Å². The van der Waals surface area contributed by atoms with Gasteiger partial charge in [-0.3, -0.25) is 9.78 Å². The van der Waals surface area contributed by atoms with Gasteiger partial charge in [-0.25, -0.2) is 12.7 Å². The van der Waals surface area contributed by atoms with Gasteiger partial charge in [0.1, 0.15) is 0 Å². The van der Waals surface area contributed by atoms with E-state index in [2.05, 4.69) is 4.98 Å². The third kappa shape index (κ3) is 4.64. The van der Waals surface area contributed by atoms with E-state index in [4.69, 9.17) is 0 Å². The molecule has 0 saturated carbocycles. The molecular formula is C18H23N3O3S. The average Bonchev–Trinajstić information content (AvgIpc) is 2.63. The minimum Gasteiger partial charge on any atom is -0.339 e. The number of hydrogen-bond donors (Lipinski definition) is 0. The van der Waals surface area contributed by atoms with Crippen LogP contribution in [0.15, 0.2) is 53.7 Å². The number of nitrogens with zero attached hydrogens (tertiary/aromatic N) is 3. The molecule has 1 aromatic heterocycles. The van der Waals surface area contributed by atoms with E-state index in [-0.39, 0.29) is 10.8 Å². The van der Waals surface area contributed by atoms with Crippen LogP contribution in [-0.2, 0) is 16.4 Å². The van der Waals surface area contributed by atoms with Crippen LogP contribution in [0.25, 0.3) is 0 Å². The largest absolute Gasteiger partial charge is 0.339 e. The minimum absolute atomic E-state index is 0.106. The monoisotopic (exact) mass is 361 g/mol. The maximum absolute atomic E-state index is 12.6. The van der Waals surface area contributed by atoms with E-state index in [1.807, 2.05) is 19.1 Å². The summed E-state index contributed by atoms with van der Waals surface area (Å²) in [7, 11) is -0.532. The van der Waals surface area contributed by atoms with Gasteiger partial charge in [-0.05, 0) is 55.3 Å². The standard InChI is InChI=1S/C18H23N3O3S/c1-4-21(14-11-15-9-12-19-13-10-15)18(22)16-5-7-17(8-6-16)25(23,24)20(2)3/h5-10,12-13H,4,11,14H2,1-3H3. The number of carbonyl (C=O) groups excluding carboxylic acids is 1. The van der Waals surface area contributed by atoms with Gasteiger partial charge in [0.2, 0.25) is 10.0 Å². The fourth-order valence-corrected chi connectivity index (χ4v) is 3.28. The zero-order valence-electron chi connectivity index (χ0n) is 14.7. The van der Waals surface area contributed by atoms with Gasteiger partial charge in [-0.2, -0.15) is 0 Å². The van der Waals surface area contributed by atoms with E-state index in [1.54, 1.807) is 29.4 Å². The predicted octanol–water partition coefficient (Wildman–Crippen LogP) is 2.04. The van der Waals surface area contributed by atoms with E-state index < -0.39 is 10.0 Å². The van der Waals surface area contributed by atoms with E-state index in [0.29, 0.717) is 18.7 Å². The molecule has 2 aromatic rings. The summed E-state index contributed by atoms with van der Waals surface area (Å²) in [4.78, 5) is 18.5. The first-order valence-electron chi connectivity index (χ1n) is 8.07. The summed E-state index contributed by atoms with van der Waals surface area (Å²) >= 11 is 0. The molecule has 0 radical (unpaired) electrons. The van der Waals surface area contributed by atoms with Gasteiger partial charge in [0.15, 0.2) is 0 Å². The fraction of sp³-hybridized carbons (Fsp3) is 0.333. The molecule has 0 saturated heterocycles. The molecule has 25 heavy (non-hydrogen) atoms. The Labute approximate surface area is 149 Å². The number of likely N-dealkylation sites (N-methyl/N-ethyl adjacent to an activating group) is 1. The SMILES string of the molecule is CCN(CCc1ccncc1)C(=O)c1ccc(S(=O)(=O)N(C)C)cc1. The van der Waals surface area contributed by atoms with Crippen molar-refractivity contribution in [1.29, 1.82) is 0 Å². The second kappa shape index (κ2) is 8.22. The Morgan fingerprint density at radius 1 is 1.04 bits per heavy atom. The Morgan fingerprint density at radius 2 is 1.64 bits per heavy atom. The number of benzene rings is 1. The highest BCUT2D eigenvalue weighted by Gasteiger charge is 2.19. The number of sulfonamides is 1. The van der Waals surface area contributed by atoms with Crippen LogP contribution >= 0.6 is 0 Å². The zero-order chi connectivity index (χ0) is 18.4. The van der Waals surface area contributed by atoms with Crippen LogP contribution in [0.5, 0.6) is 0 Å². The summed E-state index contributed by atoms with van der Waals surface area (Å²) in [5.74, 6) is -0.106. The highest BCUT2D eigenvalue weighted by atomic mass is 32.2. The number of pyridine rings is 1. The molecule has 0 atom stereocenters. The highest BCUT2D eigenvalue weighted by molar-refractivity contribution is 7.89. The molecule has 0 aliphatic carbocycles. The Balaban J connectivity index is 2.10. The van der Waals surface area contributed by atoms with Crippen LogP contribution < -0.4 is 0 Å². The van der Waals surface area contributed by atoms with Crippen molar-refractivity contribution in [2.75, 3.05) is 27.2 Å². The lowest BCUT2D eigenvalue weighted by Gasteiger charge is -2.21. The van der Waals surface area contributed by atoms with Crippen LogP contribution in [-0.4, -0.2) is 55.7 Å². The van der Waals surface area contributed by atoms with Crippen LogP contribution in [0, 0.1) is 0 Å². The van der Waals surface area contributed by atoms with Gasteiger partial charge in [0.05, 0.1) is 4.90 Å². The predicted molar refractivity (Wildman–Crippen MR) is 96.8 cm³/mol. The van der Waals surface area contributed by atoms with Crippen molar-refractivity contribution >= 4 is 15.9 Å². The second-order valence-corrected chi connectivity index (χ2v) is 7.95. The van der Waals surface area contributed by atoms with Crippen molar-refractivity contribution in [3.05, 3.63) is 59.9 Å². The molecule has 0 bridgehead atoms. The Hall–Kier alpha value is -2.25. The third-order valence-corrected chi connectivity index (χ3v) is 5.80. The molecule has 7 heteroatoms. The Morgan fingerprint density at radius 3 is 2.16 bits per heavy atom. The number of rotatable bonds is 7. The summed E-state index contributed by atoms with van der Waals surface area (Å²) in [5, 5.41) is 0. The number of amides is 1. The molecular weight excluding hydrogens is 338 g/mol. The molecule has 0 unspecified atom stereocenters. The van der Waals surface area contributed by atoms with Crippen LogP contribution in [0.3, 0.4) is 0 Å². The van der Waals surface area contributed by atoms with Gasteiger partial charge in [-0.1, -0.05) is 0 Å². The fourth-order valence-electron chi connectivity index (χ4n) is 2.38. The van der Waals surface area contributed by atoms with Crippen molar-refractivity contribution in [3.63, 3.8) is 0 Å². The quantitative estimate of drug-likeness (QED) is 0.757. The first kappa shape index (κ1) is 19.1. The molecule has 1 aromatic carbocycles. The zero-order valence-corrected chi connectivity index (χ0v) is 15.5. The molecule has 0 aliphatic heterocycles. The lowest BCUT2D eigenvalue weighted by Crippen LogP contribution is -2.32. The molecule has 0 aliphatic rings. The maximum Gasteiger partial charge on any atom is 0.253 e. The molecule has 6 nitrogen and oxygen atoms in total. The Kier molecular flexibility index (Phi) is 6.27. The molecule has 1 amide bonds. The first-order valence-corrected chi connectivity index (χ1v) is 9.51. The molecule has 0 spiro atoms. The summed E-state index contributed by atoms with van der Waals surface area (Å²) in [6.07, 6.45) is 4.21. The molecule has 134 valence electrons. The number of hydrogen-bond acceptors (Lipinski definition) is 4. The lowest BCUT2D eigenvalue weighted by molar-refractivity contribution is 0.0766. The summed E-state index contributed by atoms with van der Waals surface area (Å²) in [5.41, 5.74) is 1.60.